The number of rotatable bonds is 2. The van der Waals surface area contributed by atoms with E-state index in [1.54, 1.807) is 48.5 Å². The first kappa shape index (κ1) is 13.3. The minimum Gasteiger partial charge on any atom is -0.359 e. The minimum atomic E-state index is -2.16. The van der Waals surface area contributed by atoms with E-state index in [2.05, 4.69) is 0 Å². The number of para-hydroxylation sites is 1. The van der Waals surface area contributed by atoms with Crippen LogP contribution in [-0.4, -0.2) is 16.9 Å². The molecule has 1 aliphatic rings. The van der Waals surface area contributed by atoms with Crippen LogP contribution in [0.25, 0.3) is 0 Å². The van der Waals surface area contributed by atoms with Crippen molar-refractivity contribution in [3.63, 3.8) is 0 Å². The molecule has 0 saturated carbocycles. The third-order valence-corrected chi connectivity index (χ3v) is 3.52. The number of hydrogen-bond donors (Lipinski definition) is 3. The lowest BCUT2D eigenvalue weighted by Gasteiger charge is -2.32. The maximum Gasteiger partial charge on any atom is 0.292 e. The molecule has 2 aromatic carbocycles. The van der Waals surface area contributed by atoms with Gasteiger partial charge in [-0.1, -0.05) is 36.4 Å². The highest BCUT2D eigenvalue weighted by Gasteiger charge is 2.54. The van der Waals surface area contributed by atoms with Crippen LogP contribution in [0.4, 0.5) is 5.69 Å². The molecule has 21 heavy (non-hydrogen) atoms. The van der Waals surface area contributed by atoms with Crippen LogP contribution in [0, 0.1) is 0 Å². The summed E-state index contributed by atoms with van der Waals surface area (Å²) in [6.45, 7) is 0. The molecule has 2 aromatic rings. The number of anilines is 1. The van der Waals surface area contributed by atoms with E-state index in [1.807, 2.05) is 5.43 Å². The van der Waals surface area contributed by atoms with Gasteiger partial charge in [0.05, 0.1) is 0 Å². The second kappa shape index (κ2) is 4.69. The molecule has 0 aromatic heterocycles. The zero-order chi connectivity index (χ0) is 15.0. The van der Waals surface area contributed by atoms with Crippen molar-refractivity contribution >= 4 is 17.5 Å². The highest BCUT2D eigenvalue weighted by Crippen LogP contribution is 2.40. The Bertz CT molecular complexity index is 717. The minimum absolute atomic E-state index is 0.210. The van der Waals surface area contributed by atoms with E-state index in [-0.39, 0.29) is 11.1 Å². The number of carbonyl (C=O) groups is 2. The molecule has 0 fully saturated rings. The van der Waals surface area contributed by atoms with Gasteiger partial charge >= 0.3 is 0 Å². The summed E-state index contributed by atoms with van der Waals surface area (Å²) in [6, 6.07) is 14.9. The molecule has 0 bridgehead atoms. The van der Waals surface area contributed by atoms with E-state index >= 15 is 0 Å². The third kappa shape index (κ3) is 1.74. The Morgan fingerprint density at radius 1 is 1.10 bits per heavy atom. The summed E-state index contributed by atoms with van der Waals surface area (Å²) in [5.41, 5.74) is 0.651. The number of nitrogens with one attached hydrogen (secondary N) is 1. The van der Waals surface area contributed by atoms with Gasteiger partial charge in [-0.2, -0.15) is 0 Å². The number of nitrogens with two attached hydrogens (primary N) is 1. The number of amides is 2. The average Bonchev–Trinajstić information content (AvgIpc) is 2.77. The fourth-order valence-corrected chi connectivity index (χ4v) is 2.57. The SMILES string of the molecule is NNC(=O)C1(O)c2ccccc2C(=O)N1c1ccccc1. The van der Waals surface area contributed by atoms with Gasteiger partial charge in [0.1, 0.15) is 0 Å². The largest absolute Gasteiger partial charge is 0.359 e. The maximum absolute atomic E-state index is 12.6. The fraction of sp³-hybridized carbons (Fsp3) is 0.0667. The number of carbonyl (C=O) groups excluding carboxylic acids is 2. The highest BCUT2D eigenvalue weighted by molar-refractivity contribution is 6.16. The van der Waals surface area contributed by atoms with Crippen molar-refractivity contribution in [2.24, 2.45) is 5.84 Å². The second-order valence-electron chi connectivity index (χ2n) is 4.67. The second-order valence-corrected chi connectivity index (χ2v) is 4.67. The molecule has 106 valence electrons. The van der Waals surface area contributed by atoms with Crippen molar-refractivity contribution in [1.82, 2.24) is 5.43 Å². The van der Waals surface area contributed by atoms with E-state index in [0.717, 1.165) is 4.90 Å². The first-order valence-electron chi connectivity index (χ1n) is 6.33. The number of hydrogen-bond acceptors (Lipinski definition) is 4. The van der Waals surface area contributed by atoms with Crippen molar-refractivity contribution in [3.05, 3.63) is 65.7 Å². The molecule has 6 heteroatoms. The monoisotopic (exact) mass is 283 g/mol. The van der Waals surface area contributed by atoms with Gasteiger partial charge in [0.2, 0.25) is 0 Å². The molecule has 0 saturated heterocycles. The van der Waals surface area contributed by atoms with E-state index in [0.29, 0.717) is 5.69 Å². The van der Waals surface area contributed by atoms with Crippen LogP contribution in [0.2, 0.25) is 0 Å². The van der Waals surface area contributed by atoms with E-state index in [4.69, 9.17) is 5.84 Å². The van der Waals surface area contributed by atoms with Crippen molar-refractivity contribution in [2.75, 3.05) is 4.90 Å². The molecular weight excluding hydrogens is 270 g/mol. The molecule has 4 N–H and O–H groups in total. The van der Waals surface area contributed by atoms with E-state index < -0.39 is 17.5 Å². The van der Waals surface area contributed by atoms with Crippen LogP contribution in [-0.2, 0) is 10.5 Å². The Morgan fingerprint density at radius 3 is 2.38 bits per heavy atom. The summed E-state index contributed by atoms with van der Waals surface area (Å²) in [5.74, 6) is 3.86. The van der Waals surface area contributed by atoms with Gasteiger partial charge in [-0.3, -0.25) is 19.9 Å². The van der Waals surface area contributed by atoms with Crippen LogP contribution >= 0.6 is 0 Å². The molecule has 3 rings (SSSR count). The van der Waals surface area contributed by atoms with Crippen LogP contribution in [0.5, 0.6) is 0 Å². The summed E-state index contributed by atoms with van der Waals surface area (Å²) in [4.78, 5) is 25.8. The normalized spacial score (nSPS) is 20.3. The number of benzene rings is 2. The molecule has 1 atom stereocenters. The molecule has 2 amide bonds. The lowest BCUT2D eigenvalue weighted by Crippen LogP contribution is -2.56. The molecule has 6 nitrogen and oxygen atoms in total. The summed E-state index contributed by atoms with van der Waals surface area (Å²) in [7, 11) is 0. The molecule has 0 aliphatic carbocycles. The Kier molecular flexibility index (Phi) is 2.97. The van der Waals surface area contributed by atoms with Crippen molar-refractivity contribution in [2.45, 2.75) is 5.72 Å². The molecule has 1 unspecified atom stereocenters. The van der Waals surface area contributed by atoms with Gasteiger partial charge < -0.3 is 5.11 Å². The first-order chi connectivity index (χ1) is 10.1. The summed E-state index contributed by atoms with van der Waals surface area (Å²) in [6.07, 6.45) is 0. The quantitative estimate of drug-likeness (QED) is 0.424. The fourth-order valence-electron chi connectivity index (χ4n) is 2.57. The number of nitrogens with zero attached hydrogens (tertiary/aromatic N) is 1. The van der Waals surface area contributed by atoms with Crippen molar-refractivity contribution in [3.8, 4) is 0 Å². The number of hydrazine groups is 1. The van der Waals surface area contributed by atoms with Crippen molar-refractivity contribution in [1.29, 1.82) is 0 Å². The van der Waals surface area contributed by atoms with Crippen LogP contribution in [0.1, 0.15) is 15.9 Å². The van der Waals surface area contributed by atoms with Crippen LogP contribution in [0.3, 0.4) is 0 Å². The predicted octanol–water partition coefficient (Wildman–Crippen LogP) is 0.482. The zero-order valence-corrected chi connectivity index (χ0v) is 11.0. The third-order valence-electron chi connectivity index (χ3n) is 3.52. The lowest BCUT2D eigenvalue weighted by molar-refractivity contribution is -0.139. The summed E-state index contributed by atoms with van der Waals surface area (Å²) >= 11 is 0. The predicted molar refractivity (Wildman–Crippen MR) is 75.9 cm³/mol. The first-order valence-corrected chi connectivity index (χ1v) is 6.33. The van der Waals surface area contributed by atoms with Crippen LogP contribution in [0.15, 0.2) is 54.6 Å². The summed E-state index contributed by atoms with van der Waals surface area (Å²) in [5, 5.41) is 10.9. The maximum atomic E-state index is 12.6. The summed E-state index contributed by atoms with van der Waals surface area (Å²) < 4.78 is 0. The van der Waals surface area contributed by atoms with Gasteiger partial charge in [0.15, 0.2) is 0 Å². The highest BCUT2D eigenvalue weighted by atomic mass is 16.3. The lowest BCUT2D eigenvalue weighted by atomic mass is 10.0. The van der Waals surface area contributed by atoms with E-state index in [9.17, 15) is 14.7 Å². The zero-order valence-electron chi connectivity index (χ0n) is 11.0. The van der Waals surface area contributed by atoms with Gasteiger partial charge in [0, 0.05) is 16.8 Å². The average molecular weight is 283 g/mol. The van der Waals surface area contributed by atoms with Crippen LogP contribution < -0.4 is 16.2 Å². The standard InChI is InChI=1S/C15H13N3O3/c16-17-14(20)15(21)12-9-5-4-8-11(12)13(19)18(15)10-6-2-1-3-7-10/h1-9,21H,16H2,(H,17,20). The molecule has 1 heterocycles. The Labute approximate surface area is 120 Å². The number of aliphatic hydroxyl groups is 1. The van der Waals surface area contributed by atoms with E-state index in [1.165, 1.54) is 6.07 Å². The Morgan fingerprint density at radius 2 is 1.71 bits per heavy atom. The smallest absolute Gasteiger partial charge is 0.292 e. The topological polar surface area (TPSA) is 95.7 Å². The number of fused-ring (bicyclic) bond motifs is 1. The molecule has 0 spiro atoms. The van der Waals surface area contributed by atoms with Gasteiger partial charge in [-0.15, -0.1) is 0 Å². The Hall–Kier alpha value is -2.70. The molecule has 1 aliphatic heterocycles. The van der Waals surface area contributed by atoms with Gasteiger partial charge in [-0.05, 0) is 18.2 Å². The van der Waals surface area contributed by atoms with Gasteiger partial charge in [-0.25, -0.2) is 5.84 Å². The van der Waals surface area contributed by atoms with Crippen molar-refractivity contribution < 1.29 is 14.7 Å². The van der Waals surface area contributed by atoms with Gasteiger partial charge in [0.25, 0.3) is 17.5 Å². The molecular formula is C15H13N3O3. The molecule has 0 radical (unpaired) electrons. The Balaban J connectivity index is 2.25.